The number of nitrogens with zero attached hydrogens (tertiary/aromatic N) is 1. The van der Waals surface area contributed by atoms with Crippen molar-refractivity contribution >= 4 is 11.8 Å². The maximum Gasteiger partial charge on any atom is 0.241 e. The first kappa shape index (κ1) is 23.7. The standard InChI is InChI=1S/C14H19N3O.C7H13N3O.C2H6/c18-13-14(16-11-15-13)6-8-17(9-7-14)10-12-4-2-1-3-5-12;11-6-7(10-5-9-6)1-3-8-4-2-7;1-2/h1-5,16H,6-11H2,(H,15,18);8,10H,1-5H2,(H,9,11);1-2H3. The second kappa shape index (κ2) is 11.0. The molecule has 172 valence electrons. The number of amides is 2. The molecule has 0 aliphatic carbocycles. The molecule has 31 heavy (non-hydrogen) atoms. The Labute approximate surface area is 185 Å². The van der Waals surface area contributed by atoms with E-state index >= 15 is 0 Å². The molecule has 4 aliphatic heterocycles. The minimum Gasteiger partial charge on any atom is -0.342 e. The van der Waals surface area contributed by atoms with Gasteiger partial charge in [0.2, 0.25) is 11.8 Å². The van der Waals surface area contributed by atoms with Gasteiger partial charge in [-0.15, -0.1) is 0 Å². The number of carbonyl (C=O) groups excluding carboxylic acids is 2. The fourth-order valence-corrected chi connectivity index (χ4v) is 4.68. The van der Waals surface area contributed by atoms with Crippen molar-refractivity contribution in [3.63, 3.8) is 0 Å². The molecular formula is C23H38N6O2. The molecule has 4 aliphatic rings. The van der Waals surface area contributed by atoms with Gasteiger partial charge in [0.15, 0.2) is 0 Å². The van der Waals surface area contributed by atoms with Crippen LogP contribution in [-0.2, 0) is 16.1 Å². The van der Waals surface area contributed by atoms with Crippen molar-refractivity contribution < 1.29 is 9.59 Å². The van der Waals surface area contributed by atoms with Crippen LogP contribution in [0.2, 0.25) is 0 Å². The van der Waals surface area contributed by atoms with Crippen LogP contribution in [0, 0.1) is 0 Å². The highest BCUT2D eigenvalue weighted by Gasteiger charge is 2.44. The first-order valence-corrected chi connectivity index (χ1v) is 11.7. The molecule has 5 rings (SSSR count). The summed E-state index contributed by atoms with van der Waals surface area (Å²) in [7, 11) is 0. The van der Waals surface area contributed by atoms with Crippen LogP contribution < -0.4 is 26.6 Å². The summed E-state index contributed by atoms with van der Waals surface area (Å²) < 4.78 is 0. The van der Waals surface area contributed by atoms with Crippen molar-refractivity contribution in [3.8, 4) is 0 Å². The molecule has 0 aromatic heterocycles. The van der Waals surface area contributed by atoms with Crippen LogP contribution in [0.1, 0.15) is 45.1 Å². The highest BCUT2D eigenvalue weighted by Crippen LogP contribution is 2.25. The molecular weight excluding hydrogens is 392 g/mol. The Morgan fingerprint density at radius 1 is 0.806 bits per heavy atom. The number of benzene rings is 1. The highest BCUT2D eigenvalue weighted by atomic mass is 16.2. The van der Waals surface area contributed by atoms with Crippen LogP contribution in [0.4, 0.5) is 0 Å². The average molecular weight is 431 g/mol. The smallest absolute Gasteiger partial charge is 0.241 e. The van der Waals surface area contributed by atoms with Crippen LogP contribution in [0.15, 0.2) is 30.3 Å². The van der Waals surface area contributed by atoms with Crippen molar-refractivity contribution in [3.05, 3.63) is 35.9 Å². The fourth-order valence-electron chi connectivity index (χ4n) is 4.68. The first-order valence-electron chi connectivity index (χ1n) is 11.7. The van der Waals surface area contributed by atoms with Crippen LogP contribution in [0.25, 0.3) is 0 Å². The number of rotatable bonds is 2. The first-order chi connectivity index (χ1) is 15.1. The predicted octanol–water partition coefficient (Wildman–Crippen LogP) is 0.510. The molecule has 0 atom stereocenters. The van der Waals surface area contributed by atoms with E-state index in [0.29, 0.717) is 13.3 Å². The molecule has 8 nitrogen and oxygen atoms in total. The van der Waals surface area contributed by atoms with E-state index < -0.39 is 0 Å². The molecule has 4 fully saturated rings. The normalized spacial score (nSPS) is 23.9. The van der Waals surface area contributed by atoms with E-state index in [0.717, 1.165) is 58.4 Å². The molecule has 8 heteroatoms. The van der Waals surface area contributed by atoms with Crippen LogP contribution >= 0.6 is 0 Å². The maximum atomic E-state index is 11.8. The lowest BCUT2D eigenvalue weighted by Gasteiger charge is -2.37. The van der Waals surface area contributed by atoms with Crippen molar-refractivity contribution in [2.24, 2.45) is 0 Å². The van der Waals surface area contributed by atoms with E-state index in [1.807, 2.05) is 19.9 Å². The van der Waals surface area contributed by atoms with E-state index in [-0.39, 0.29) is 22.9 Å². The zero-order valence-electron chi connectivity index (χ0n) is 18.9. The highest BCUT2D eigenvalue weighted by molar-refractivity contribution is 5.88. The lowest BCUT2D eigenvalue weighted by Crippen LogP contribution is -2.54. The SMILES string of the molecule is CC.O=C1NCNC12CCN(Cc1ccccc1)CC2.O=C1NCNC12CCNCC2. The van der Waals surface area contributed by atoms with Crippen LogP contribution in [-0.4, -0.2) is 67.3 Å². The van der Waals surface area contributed by atoms with E-state index in [1.54, 1.807) is 0 Å². The molecule has 2 amide bonds. The zero-order chi connectivity index (χ0) is 22.2. The lowest BCUT2D eigenvalue weighted by molar-refractivity contribution is -0.126. The molecule has 5 N–H and O–H groups in total. The summed E-state index contributed by atoms with van der Waals surface area (Å²) in [5.41, 5.74) is 0.829. The Morgan fingerprint density at radius 3 is 1.81 bits per heavy atom. The third kappa shape index (κ3) is 5.63. The van der Waals surface area contributed by atoms with Crippen molar-refractivity contribution in [1.82, 2.24) is 31.5 Å². The van der Waals surface area contributed by atoms with Crippen LogP contribution in [0.3, 0.4) is 0 Å². The summed E-state index contributed by atoms with van der Waals surface area (Å²) in [5, 5.41) is 15.5. The fraction of sp³-hybridized carbons (Fsp3) is 0.652. The van der Waals surface area contributed by atoms with Gasteiger partial charge < -0.3 is 16.0 Å². The van der Waals surface area contributed by atoms with Gasteiger partial charge in [0.05, 0.1) is 13.3 Å². The molecule has 0 radical (unpaired) electrons. The van der Waals surface area contributed by atoms with Gasteiger partial charge in [-0.25, -0.2) is 0 Å². The van der Waals surface area contributed by atoms with Gasteiger partial charge in [-0.1, -0.05) is 44.2 Å². The van der Waals surface area contributed by atoms with Crippen molar-refractivity contribution in [2.75, 3.05) is 39.5 Å². The molecule has 4 saturated heterocycles. The molecule has 2 spiro atoms. The molecule has 0 saturated carbocycles. The summed E-state index contributed by atoms with van der Waals surface area (Å²) in [6.45, 7) is 10.1. The number of hydrogen-bond donors (Lipinski definition) is 5. The third-order valence-corrected chi connectivity index (χ3v) is 6.64. The van der Waals surface area contributed by atoms with Crippen molar-refractivity contribution in [2.45, 2.75) is 57.2 Å². The van der Waals surface area contributed by atoms with Gasteiger partial charge in [0.1, 0.15) is 11.1 Å². The van der Waals surface area contributed by atoms with E-state index in [4.69, 9.17) is 0 Å². The van der Waals surface area contributed by atoms with Gasteiger partial charge in [0, 0.05) is 19.6 Å². The third-order valence-electron chi connectivity index (χ3n) is 6.64. The van der Waals surface area contributed by atoms with E-state index in [9.17, 15) is 9.59 Å². The minimum atomic E-state index is -0.285. The van der Waals surface area contributed by atoms with E-state index in [1.165, 1.54) is 5.56 Å². The molecule has 0 bridgehead atoms. The quantitative estimate of drug-likeness (QED) is 0.469. The summed E-state index contributed by atoms with van der Waals surface area (Å²) in [6, 6.07) is 10.5. The van der Waals surface area contributed by atoms with Gasteiger partial charge in [0.25, 0.3) is 0 Å². The molecule has 0 unspecified atom stereocenters. The lowest BCUT2D eigenvalue weighted by atomic mass is 9.87. The summed E-state index contributed by atoms with van der Waals surface area (Å²) >= 11 is 0. The van der Waals surface area contributed by atoms with Gasteiger partial charge in [-0.05, 0) is 44.3 Å². The number of likely N-dealkylation sites (tertiary alicyclic amines) is 1. The van der Waals surface area contributed by atoms with Crippen LogP contribution in [0.5, 0.6) is 0 Å². The number of hydrogen-bond acceptors (Lipinski definition) is 6. The summed E-state index contributed by atoms with van der Waals surface area (Å²) in [6.07, 6.45) is 3.65. The van der Waals surface area contributed by atoms with Gasteiger partial charge in [-0.3, -0.25) is 25.1 Å². The number of piperidine rings is 2. The number of nitrogens with one attached hydrogen (secondary N) is 5. The summed E-state index contributed by atoms with van der Waals surface area (Å²) in [4.78, 5) is 25.6. The Hall–Kier alpha value is -2.00. The van der Waals surface area contributed by atoms with E-state index in [2.05, 4.69) is 55.7 Å². The Bertz CT molecular complexity index is 712. The average Bonchev–Trinajstić information content (AvgIpc) is 3.35. The molecule has 1 aromatic rings. The Balaban J connectivity index is 0.000000179. The Morgan fingerprint density at radius 2 is 1.32 bits per heavy atom. The summed E-state index contributed by atoms with van der Waals surface area (Å²) in [5.74, 6) is 0.362. The van der Waals surface area contributed by atoms with Gasteiger partial charge in [-0.2, -0.15) is 0 Å². The second-order valence-electron chi connectivity index (χ2n) is 8.39. The molecule has 1 aromatic carbocycles. The van der Waals surface area contributed by atoms with Gasteiger partial charge >= 0.3 is 0 Å². The monoisotopic (exact) mass is 430 g/mol. The van der Waals surface area contributed by atoms with Crippen molar-refractivity contribution in [1.29, 1.82) is 0 Å². The minimum absolute atomic E-state index is 0.180. The second-order valence-corrected chi connectivity index (χ2v) is 8.39. The maximum absolute atomic E-state index is 11.8. The topological polar surface area (TPSA) is 97.5 Å². The Kier molecular flexibility index (Phi) is 8.43. The molecule has 4 heterocycles. The number of carbonyl (C=O) groups is 2. The largest absolute Gasteiger partial charge is 0.342 e. The zero-order valence-corrected chi connectivity index (χ0v) is 18.9. The predicted molar refractivity (Wildman–Crippen MR) is 122 cm³/mol.